The summed E-state index contributed by atoms with van der Waals surface area (Å²) in [7, 11) is 0. The molecule has 0 amide bonds. The molecule has 2 aliphatic carbocycles. The smallest absolute Gasteiger partial charge is 0.147 e. The summed E-state index contributed by atoms with van der Waals surface area (Å²) < 4.78 is 2.60. The zero-order valence-electron chi connectivity index (χ0n) is 23.1. The van der Waals surface area contributed by atoms with Crippen molar-refractivity contribution in [3.63, 3.8) is 0 Å². The van der Waals surface area contributed by atoms with Crippen LogP contribution in [0, 0.1) is 0 Å². The normalized spacial score (nSPS) is 14.9. The van der Waals surface area contributed by atoms with Crippen molar-refractivity contribution in [2.75, 3.05) is 0 Å². The predicted octanol–water partition coefficient (Wildman–Crippen LogP) is 10.1. The molecule has 0 radical (unpaired) electrons. The summed E-state index contributed by atoms with van der Waals surface area (Å²) in [4.78, 5) is 0. The monoisotopic (exact) mass is 604 g/mol. The number of hydrogen-bond donors (Lipinski definition) is 0. The van der Waals surface area contributed by atoms with Gasteiger partial charge < -0.3 is 0 Å². The van der Waals surface area contributed by atoms with Gasteiger partial charge in [-0.05, 0) is 0 Å². The van der Waals surface area contributed by atoms with Gasteiger partial charge in [-0.25, -0.2) is 0 Å². The van der Waals surface area contributed by atoms with E-state index in [4.69, 9.17) is 0 Å². The van der Waals surface area contributed by atoms with Crippen LogP contribution < -0.4 is 0 Å². The molecule has 0 heterocycles. The first-order chi connectivity index (χ1) is 15.5. The van der Waals surface area contributed by atoms with Gasteiger partial charge in [0.05, 0.1) is 0 Å². The second-order valence-electron chi connectivity index (χ2n) is 12.0. The van der Waals surface area contributed by atoms with Crippen LogP contribution in [-0.2, 0) is 31.2 Å². The van der Waals surface area contributed by atoms with Gasteiger partial charge in [0.25, 0.3) is 0 Å². The first kappa shape index (κ1) is 30.8. The van der Waals surface area contributed by atoms with Crippen LogP contribution in [0.3, 0.4) is 0 Å². The van der Waals surface area contributed by atoms with Gasteiger partial charge in [-0.3, -0.25) is 0 Å². The Hall–Kier alpha value is -0.400. The number of hydrogen-bond acceptors (Lipinski definition) is 0. The molecule has 0 spiro atoms. The Kier molecular flexibility index (Phi) is 10.2. The maximum atomic E-state index is 2.63. The van der Waals surface area contributed by atoms with Crippen molar-refractivity contribution in [2.45, 2.75) is 95.3 Å². The molecule has 0 aromatic heterocycles. The van der Waals surface area contributed by atoms with Gasteiger partial charge in [0.1, 0.15) is 0 Å². The number of benzene rings is 2. The van der Waals surface area contributed by atoms with Crippen LogP contribution in [-0.4, -0.2) is 5.43 Å². The molecular formula is C31H44Cl2SiZr. The molecule has 0 aliphatic heterocycles. The average Bonchev–Trinajstić information content (AvgIpc) is 3.31. The standard InChI is InChI=1S/C21H25.C6H7.C4H10Si.2ClH.Zr/c1-20(2,3)16-7-9-18-14(12-16)11-15-13-17(21(4,5)6)8-10-19(15)18;1-6-4-2-3-5-6;1-3-5-4-2;;;/h7-13H,1-6H3;2,4H,3H2,1H3;3-4H2,1-2H3;2*1H;. The van der Waals surface area contributed by atoms with Crippen molar-refractivity contribution in [1.29, 1.82) is 0 Å². The number of halogens is 2. The van der Waals surface area contributed by atoms with E-state index in [0.717, 1.165) is 0 Å². The van der Waals surface area contributed by atoms with Gasteiger partial charge >= 0.3 is 212 Å². The summed E-state index contributed by atoms with van der Waals surface area (Å²) in [6.45, 7) is 21.6. The van der Waals surface area contributed by atoms with Crippen LogP contribution in [0.1, 0.15) is 94.6 Å². The van der Waals surface area contributed by atoms with E-state index in [0.29, 0.717) is 3.63 Å². The van der Waals surface area contributed by atoms with Crippen LogP contribution in [0.25, 0.3) is 11.1 Å². The molecule has 0 N–H and O–H groups in total. The summed E-state index contributed by atoms with van der Waals surface area (Å²) in [5.74, 6) is 0. The SMILES string of the molecule is CC[Si](CC)=[Zr]([C]1=C(C)C=CC1)[CH]1c2cc(C(C)(C)C)ccc2-c2ccc(C(C)(C)C)cc21.Cl.Cl. The van der Waals surface area contributed by atoms with E-state index in [1.807, 2.05) is 3.28 Å². The van der Waals surface area contributed by atoms with Crippen LogP contribution in [0.5, 0.6) is 0 Å². The molecule has 35 heavy (non-hydrogen) atoms. The van der Waals surface area contributed by atoms with Gasteiger partial charge in [-0.1, -0.05) is 0 Å². The van der Waals surface area contributed by atoms with Gasteiger partial charge in [-0.15, -0.1) is 24.8 Å². The Morgan fingerprint density at radius 2 is 1.26 bits per heavy atom. The van der Waals surface area contributed by atoms with E-state index >= 15 is 0 Å². The van der Waals surface area contributed by atoms with Gasteiger partial charge in [0, 0.05) is 0 Å². The second kappa shape index (κ2) is 11.6. The van der Waals surface area contributed by atoms with E-state index in [2.05, 4.69) is 111 Å². The maximum Gasteiger partial charge on any atom is -0.147 e. The summed E-state index contributed by atoms with van der Waals surface area (Å²) in [5.41, 5.74) is 11.0. The van der Waals surface area contributed by atoms with Crippen molar-refractivity contribution in [1.82, 2.24) is 0 Å². The quantitative estimate of drug-likeness (QED) is 0.304. The van der Waals surface area contributed by atoms with Gasteiger partial charge in [-0.2, -0.15) is 0 Å². The fourth-order valence-corrected chi connectivity index (χ4v) is 28.8. The Balaban J connectivity index is 0.00000216. The molecule has 0 saturated carbocycles. The molecule has 0 unspecified atom stereocenters. The molecule has 4 heteroatoms. The topological polar surface area (TPSA) is 0 Å². The predicted molar refractivity (Wildman–Crippen MR) is 159 cm³/mol. The summed E-state index contributed by atoms with van der Waals surface area (Å²) in [5, 5.41) is 0. The molecule has 190 valence electrons. The summed E-state index contributed by atoms with van der Waals surface area (Å²) in [6, 6.07) is 17.8. The van der Waals surface area contributed by atoms with Gasteiger partial charge in [0.15, 0.2) is 0 Å². The average molecular weight is 607 g/mol. The van der Waals surface area contributed by atoms with Crippen LogP contribution in [0.4, 0.5) is 0 Å². The number of allylic oxidation sites excluding steroid dienone is 4. The number of fused-ring (bicyclic) bond motifs is 3. The Morgan fingerprint density at radius 1 is 0.800 bits per heavy atom. The third-order valence-corrected chi connectivity index (χ3v) is 30.6. The second-order valence-corrected chi connectivity index (χ2v) is 28.0. The first-order valence-electron chi connectivity index (χ1n) is 12.8. The van der Waals surface area contributed by atoms with Gasteiger partial charge in [0.2, 0.25) is 0 Å². The van der Waals surface area contributed by atoms with E-state index in [9.17, 15) is 0 Å². The molecule has 0 atom stereocenters. The zero-order valence-corrected chi connectivity index (χ0v) is 28.2. The third-order valence-electron chi connectivity index (χ3n) is 7.76. The first-order valence-corrected chi connectivity index (χ1v) is 21.1. The minimum Gasteiger partial charge on any atom is -0.147 e. The molecule has 0 bridgehead atoms. The fourth-order valence-electron chi connectivity index (χ4n) is 5.67. The molecule has 0 saturated heterocycles. The summed E-state index contributed by atoms with van der Waals surface area (Å²) >= 11 is -2.00. The maximum absolute atomic E-state index is 2.63. The van der Waals surface area contributed by atoms with Crippen LogP contribution >= 0.6 is 24.8 Å². The zero-order chi connectivity index (χ0) is 24.1. The minimum atomic E-state index is -2.00. The Bertz CT molecular complexity index is 1120. The third kappa shape index (κ3) is 5.87. The minimum absolute atomic E-state index is 0. The van der Waals surface area contributed by atoms with Crippen molar-refractivity contribution < 1.29 is 20.4 Å². The molecule has 4 rings (SSSR count). The molecule has 2 aromatic rings. The van der Waals surface area contributed by atoms with Crippen molar-refractivity contribution in [3.05, 3.63) is 79.7 Å². The molecular weight excluding hydrogens is 563 g/mol. The molecule has 2 aromatic carbocycles. The van der Waals surface area contributed by atoms with E-state index in [-0.39, 0.29) is 41.1 Å². The summed E-state index contributed by atoms with van der Waals surface area (Å²) in [6.07, 6.45) is 6.10. The van der Waals surface area contributed by atoms with Crippen molar-refractivity contribution in [2.24, 2.45) is 0 Å². The van der Waals surface area contributed by atoms with E-state index in [1.54, 1.807) is 16.7 Å². The molecule has 2 aliphatic rings. The Morgan fingerprint density at radius 3 is 1.60 bits per heavy atom. The van der Waals surface area contributed by atoms with E-state index < -0.39 is 20.4 Å². The Labute approximate surface area is 235 Å². The van der Waals surface area contributed by atoms with Crippen molar-refractivity contribution in [3.8, 4) is 11.1 Å². The molecule has 0 fully saturated rings. The van der Waals surface area contributed by atoms with Crippen LogP contribution in [0.2, 0.25) is 12.1 Å². The van der Waals surface area contributed by atoms with Crippen LogP contribution in [0.15, 0.2) is 57.4 Å². The number of rotatable bonds is 4. The van der Waals surface area contributed by atoms with E-state index in [1.165, 1.54) is 40.8 Å². The largest absolute Gasteiger partial charge is 0.147 e. The molecule has 0 nitrogen and oxygen atoms in total. The fraction of sp³-hybridized carbons (Fsp3) is 0.484. The van der Waals surface area contributed by atoms with Crippen molar-refractivity contribution >= 4 is 30.2 Å².